The lowest BCUT2D eigenvalue weighted by Gasteiger charge is -2.22. The van der Waals surface area contributed by atoms with E-state index >= 15 is 0 Å². The molecule has 5 atom stereocenters. The molecule has 0 amide bonds. The number of benzene rings is 2. The summed E-state index contributed by atoms with van der Waals surface area (Å²) >= 11 is 0. The van der Waals surface area contributed by atoms with Crippen LogP contribution in [0.15, 0.2) is 60.7 Å². The summed E-state index contributed by atoms with van der Waals surface area (Å²) in [6, 6.07) is 20.0. The molecule has 0 saturated carbocycles. The Hall–Kier alpha value is -1.76. The zero-order chi connectivity index (χ0) is 17.8. The number of hydrogen-bond donors (Lipinski definition) is 1. The van der Waals surface area contributed by atoms with Crippen LogP contribution < -0.4 is 0 Å². The van der Waals surface area contributed by atoms with Crippen molar-refractivity contribution < 1.29 is 24.1 Å². The average molecular weight is 356 g/mol. The van der Waals surface area contributed by atoms with E-state index in [4.69, 9.17) is 18.9 Å². The summed E-state index contributed by atoms with van der Waals surface area (Å²) in [5.41, 5.74) is 2.12. The Morgan fingerprint density at radius 3 is 2.38 bits per heavy atom. The monoisotopic (exact) mass is 356 g/mol. The van der Waals surface area contributed by atoms with Gasteiger partial charge in [0.2, 0.25) is 0 Å². The molecule has 2 heterocycles. The van der Waals surface area contributed by atoms with Crippen LogP contribution in [-0.2, 0) is 25.6 Å². The van der Waals surface area contributed by atoms with Crippen LogP contribution in [0.5, 0.6) is 0 Å². The van der Waals surface area contributed by atoms with Crippen LogP contribution in [0.2, 0.25) is 0 Å². The summed E-state index contributed by atoms with van der Waals surface area (Å²) in [4.78, 5) is 0. The Morgan fingerprint density at radius 2 is 1.69 bits per heavy atom. The van der Waals surface area contributed by atoms with Crippen molar-refractivity contribution >= 4 is 0 Å². The Labute approximate surface area is 153 Å². The second-order valence-corrected chi connectivity index (χ2v) is 6.72. The Kier molecular flexibility index (Phi) is 5.62. The standard InChI is InChI=1S/C21H24O5/c22-12-19-18(25-19)11-17(23-13-15-7-3-1-4-8-15)20-14-24-21(26-20)16-9-5-2-6-10-16/h1-10,17-22H,11-14H2/t17-,18-,19-,20+,21?/m1/s1. The van der Waals surface area contributed by atoms with Gasteiger partial charge in [-0.05, 0) is 5.56 Å². The summed E-state index contributed by atoms with van der Waals surface area (Å²) in [5, 5.41) is 9.23. The van der Waals surface area contributed by atoms with Crippen LogP contribution in [0.3, 0.4) is 0 Å². The average Bonchev–Trinajstić information content (AvgIpc) is 3.28. The van der Waals surface area contributed by atoms with Crippen LogP contribution in [0.4, 0.5) is 0 Å². The molecule has 4 rings (SSSR count). The van der Waals surface area contributed by atoms with Crippen molar-refractivity contribution in [1.82, 2.24) is 0 Å². The molecule has 2 aliphatic rings. The predicted molar refractivity (Wildman–Crippen MR) is 95.4 cm³/mol. The van der Waals surface area contributed by atoms with E-state index < -0.39 is 0 Å². The minimum atomic E-state index is -0.363. The third-order valence-electron chi connectivity index (χ3n) is 4.84. The highest BCUT2D eigenvalue weighted by atomic mass is 16.7. The third-order valence-corrected chi connectivity index (χ3v) is 4.84. The fourth-order valence-corrected chi connectivity index (χ4v) is 3.28. The minimum absolute atomic E-state index is 0.0279. The molecule has 2 aliphatic heterocycles. The van der Waals surface area contributed by atoms with E-state index in [1.807, 2.05) is 60.7 Å². The van der Waals surface area contributed by atoms with Crippen molar-refractivity contribution in [3.05, 3.63) is 71.8 Å². The van der Waals surface area contributed by atoms with Gasteiger partial charge in [-0.3, -0.25) is 0 Å². The molecular weight excluding hydrogens is 332 g/mol. The van der Waals surface area contributed by atoms with Crippen LogP contribution in [0, 0.1) is 0 Å². The minimum Gasteiger partial charge on any atom is -0.394 e. The van der Waals surface area contributed by atoms with E-state index in [-0.39, 0.29) is 37.3 Å². The topological polar surface area (TPSA) is 60.5 Å². The predicted octanol–water partition coefficient (Wildman–Crippen LogP) is 2.84. The number of aliphatic hydroxyl groups is 1. The SMILES string of the molecule is OC[C@H]1O[C@@H]1C[C@@H](OCc1ccccc1)[C@@H]1COC(c2ccccc2)O1. The Balaban J connectivity index is 1.39. The number of ether oxygens (including phenoxy) is 4. The second kappa shape index (κ2) is 8.29. The third kappa shape index (κ3) is 4.31. The number of hydrogen-bond acceptors (Lipinski definition) is 5. The lowest BCUT2D eigenvalue weighted by Crippen LogP contribution is -2.33. The van der Waals surface area contributed by atoms with Crippen LogP contribution >= 0.6 is 0 Å². The van der Waals surface area contributed by atoms with E-state index in [9.17, 15) is 5.11 Å². The Morgan fingerprint density at radius 1 is 0.962 bits per heavy atom. The molecule has 1 unspecified atom stereocenters. The fourth-order valence-electron chi connectivity index (χ4n) is 3.28. The molecule has 1 N–H and O–H groups in total. The van der Waals surface area contributed by atoms with Gasteiger partial charge in [0, 0.05) is 12.0 Å². The highest BCUT2D eigenvalue weighted by Gasteiger charge is 2.43. The van der Waals surface area contributed by atoms with E-state index in [1.165, 1.54) is 0 Å². The lowest BCUT2D eigenvalue weighted by molar-refractivity contribution is -0.103. The van der Waals surface area contributed by atoms with Gasteiger partial charge >= 0.3 is 0 Å². The van der Waals surface area contributed by atoms with E-state index in [1.54, 1.807) is 0 Å². The smallest absolute Gasteiger partial charge is 0.184 e. The van der Waals surface area contributed by atoms with Gasteiger partial charge in [0.1, 0.15) is 12.2 Å². The van der Waals surface area contributed by atoms with Crippen molar-refractivity contribution in [2.45, 2.75) is 43.7 Å². The van der Waals surface area contributed by atoms with Gasteiger partial charge in [0.15, 0.2) is 6.29 Å². The molecular formula is C21H24O5. The normalized spacial score (nSPS) is 28.8. The fraction of sp³-hybridized carbons (Fsp3) is 0.429. The van der Waals surface area contributed by atoms with Crippen molar-refractivity contribution in [1.29, 1.82) is 0 Å². The Bertz CT molecular complexity index is 677. The molecule has 0 spiro atoms. The van der Waals surface area contributed by atoms with E-state index in [0.717, 1.165) is 11.1 Å². The first-order valence-corrected chi connectivity index (χ1v) is 9.07. The van der Waals surface area contributed by atoms with Crippen molar-refractivity contribution in [2.24, 2.45) is 0 Å². The highest BCUT2D eigenvalue weighted by molar-refractivity contribution is 5.17. The largest absolute Gasteiger partial charge is 0.394 e. The molecule has 0 aromatic heterocycles. The molecule has 2 aromatic rings. The quantitative estimate of drug-likeness (QED) is 0.737. The maximum absolute atomic E-state index is 9.23. The molecule has 0 radical (unpaired) electrons. The molecule has 5 nitrogen and oxygen atoms in total. The molecule has 2 saturated heterocycles. The highest BCUT2D eigenvalue weighted by Crippen LogP contribution is 2.34. The molecule has 2 fully saturated rings. The lowest BCUT2D eigenvalue weighted by atomic mass is 10.1. The number of rotatable bonds is 8. The summed E-state index contributed by atoms with van der Waals surface area (Å²) in [6.07, 6.45) is -0.0333. The molecule has 0 aliphatic carbocycles. The van der Waals surface area contributed by atoms with Gasteiger partial charge in [-0.25, -0.2) is 0 Å². The van der Waals surface area contributed by atoms with Crippen LogP contribution in [-0.4, -0.2) is 42.7 Å². The van der Waals surface area contributed by atoms with Crippen molar-refractivity contribution in [3.8, 4) is 0 Å². The van der Waals surface area contributed by atoms with E-state index in [0.29, 0.717) is 19.6 Å². The first kappa shape index (κ1) is 17.6. The summed E-state index contributed by atoms with van der Waals surface area (Å²) in [5.74, 6) is 0. The van der Waals surface area contributed by atoms with Crippen LogP contribution in [0.1, 0.15) is 23.8 Å². The maximum atomic E-state index is 9.23. The first-order chi connectivity index (χ1) is 12.8. The molecule has 26 heavy (non-hydrogen) atoms. The van der Waals surface area contributed by atoms with Crippen molar-refractivity contribution in [2.75, 3.05) is 13.2 Å². The molecule has 0 bridgehead atoms. The summed E-state index contributed by atoms with van der Waals surface area (Å²) in [7, 11) is 0. The molecule has 5 heteroatoms. The van der Waals surface area contributed by atoms with E-state index in [2.05, 4.69) is 0 Å². The first-order valence-electron chi connectivity index (χ1n) is 9.07. The van der Waals surface area contributed by atoms with Gasteiger partial charge in [0.05, 0.1) is 32.0 Å². The van der Waals surface area contributed by atoms with Gasteiger partial charge < -0.3 is 24.1 Å². The summed E-state index contributed by atoms with van der Waals surface area (Å²) < 4.78 is 23.6. The second-order valence-electron chi connectivity index (χ2n) is 6.72. The number of epoxide rings is 1. The van der Waals surface area contributed by atoms with Gasteiger partial charge in [-0.15, -0.1) is 0 Å². The summed E-state index contributed by atoms with van der Waals surface area (Å²) in [6.45, 7) is 1.04. The van der Waals surface area contributed by atoms with Gasteiger partial charge in [0.25, 0.3) is 0 Å². The zero-order valence-corrected chi connectivity index (χ0v) is 14.6. The number of aliphatic hydroxyl groups excluding tert-OH is 1. The molecule has 138 valence electrons. The zero-order valence-electron chi connectivity index (χ0n) is 14.6. The maximum Gasteiger partial charge on any atom is 0.184 e. The van der Waals surface area contributed by atoms with Crippen LogP contribution in [0.25, 0.3) is 0 Å². The van der Waals surface area contributed by atoms with Gasteiger partial charge in [-0.1, -0.05) is 60.7 Å². The van der Waals surface area contributed by atoms with Gasteiger partial charge in [-0.2, -0.15) is 0 Å². The molecule has 2 aromatic carbocycles. The van der Waals surface area contributed by atoms with Crippen molar-refractivity contribution in [3.63, 3.8) is 0 Å².